The van der Waals surface area contributed by atoms with Crippen molar-refractivity contribution in [3.8, 4) is 0 Å². The number of aromatic carboxylic acids is 1. The number of halogens is 3. The van der Waals surface area contributed by atoms with E-state index >= 15 is 0 Å². The SMILES string of the molecule is CN(C)C=Cc1nc(C(F)(F)F)ccc1C(=O)O. The molecule has 0 saturated heterocycles. The van der Waals surface area contributed by atoms with Gasteiger partial charge in [-0.25, -0.2) is 9.78 Å². The topological polar surface area (TPSA) is 53.4 Å². The lowest BCUT2D eigenvalue weighted by molar-refractivity contribution is -0.141. The summed E-state index contributed by atoms with van der Waals surface area (Å²) in [4.78, 5) is 15.7. The Kier molecular flexibility index (Phi) is 3.95. The maximum absolute atomic E-state index is 12.5. The Balaban J connectivity index is 3.29. The van der Waals surface area contributed by atoms with E-state index < -0.39 is 17.8 Å². The molecule has 1 aromatic rings. The summed E-state index contributed by atoms with van der Waals surface area (Å²) in [7, 11) is 3.31. The number of carboxylic acids is 1. The molecule has 0 fully saturated rings. The monoisotopic (exact) mass is 260 g/mol. The van der Waals surface area contributed by atoms with Crippen molar-refractivity contribution < 1.29 is 23.1 Å². The minimum atomic E-state index is -4.60. The van der Waals surface area contributed by atoms with Crippen LogP contribution in [0.15, 0.2) is 18.3 Å². The fourth-order valence-electron chi connectivity index (χ4n) is 1.16. The van der Waals surface area contributed by atoms with Gasteiger partial charge < -0.3 is 10.0 Å². The average molecular weight is 260 g/mol. The highest BCUT2D eigenvalue weighted by atomic mass is 19.4. The first kappa shape index (κ1) is 14.0. The van der Waals surface area contributed by atoms with Gasteiger partial charge >= 0.3 is 12.1 Å². The molecule has 0 aliphatic carbocycles. The molecule has 1 rings (SSSR count). The number of carboxylic acid groups (broad SMARTS) is 1. The minimum absolute atomic E-state index is 0.231. The zero-order chi connectivity index (χ0) is 13.9. The summed E-state index contributed by atoms with van der Waals surface area (Å²) in [6, 6.07) is 1.55. The van der Waals surface area contributed by atoms with Gasteiger partial charge in [-0.15, -0.1) is 0 Å². The van der Waals surface area contributed by atoms with Crippen molar-refractivity contribution in [1.29, 1.82) is 0 Å². The summed E-state index contributed by atoms with van der Waals surface area (Å²) in [5.74, 6) is -1.32. The molecule has 0 atom stereocenters. The predicted molar refractivity (Wildman–Crippen MR) is 58.9 cm³/mol. The Morgan fingerprint density at radius 3 is 2.44 bits per heavy atom. The fraction of sp³-hybridized carbons (Fsp3) is 0.273. The Bertz CT molecular complexity index is 482. The molecule has 1 aromatic heterocycles. The van der Waals surface area contributed by atoms with Gasteiger partial charge in [-0.2, -0.15) is 13.2 Å². The van der Waals surface area contributed by atoms with Gasteiger partial charge in [0.05, 0.1) is 11.3 Å². The van der Waals surface area contributed by atoms with Gasteiger partial charge in [-0.1, -0.05) is 0 Å². The standard InChI is InChI=1S/C11H11F3N2O2/c1-16(2)6-5-8-7(10(17)18)3-4-9(15-8)11(12,13)14/h3-6H,1-2H3,(H,17,18). The number of carbonyl (C=O) groups is 1. The molecule has 98 valence electrons. The van der Waals surface area contributed by atoms with Crippen LogP contribution in [0.1, 0.15) is 21.7 Å². The first-order valence-electron chi connectivity index (χ1n) is 4.88. The second kappa shape index (κ2) is 5.07. The second-order valence-corrected chi connectivity index (χ2v) is 3.71. The molecule has 0 saturated carbocycles. The van der Waals surface area contributed by atoms with Crippen molar-refractivity contribution in [2.24, 2.45) is 0 Å². The molecule has 1 heterocycles. The van der Waals surface area contributed by atoms with E-state index in [1.807, 2.05) is 0 Å². The first-order chi connectivity index (χ1) is 8.21. The maximum atomic E-state index is 12.5. The average Bonchev–Trinajstić information content (AvgIpc) is 2.24. The summed E-state index contributed by atoms with van der Waals surface area (Å²) >= 11 is 0. The van der Waals surface area contributed by atoms with Crippen LogP contribution in [0, 0.1) is 0 Å². The third-order valence-corrected chi connectivity index (χ3v) is 1.98. The second-order valence-electron chi connectivity index (χ2n) is 3.71. The maximum Gasteiger partial charge on any atom is 0.433 e. The van der Waals surface area contributed by atoms with E-state index in [1.165, 1.54) is 12.3 Å². The van der Waals surface area contributed by atoms with E-state index in [-0.39, 0.29) is 11.3 Å². The number of hydrogen-bond acceptors (Lipinski definition) is 3. The Morgan fingerprint density at radius 2 is 2.00 bits per heavy atom. The third kappa shape index (κ3) is 3.47. The first-order valence-corrected chi connectivity index (χ1v) is 4.88. The quantitative estimate of drug-likeness (QED) is 0.906. The lowest BCUT2D eigenvalue weighted by Crippen LogP contribution is -2.12. The third-order valence-electron chi connectivity index (χ3n) is 1.98. The van der Waals surface area contributed by atoms with Crippen molar-refractivity contribution in [3.05, 3.63) is 35.3 Å². The van der Waals surface area contributed by atoms with Gasteiger partial charge in [0.25, 0.3) is 0 Å². The molecule has 0 bridgehead atoms. The summed E-state index contributed by atoms with van der Waals surface area (Å²) in [5.41, 5.74) is -1.63. The molecule has 0 radical (unpaired) electrons. The summed E-state index contributed by atoms with van der Waals surface area (Å²) in [5, 5.41) is 8.86. The van der Waals surface area contributed by atoms with Crippen LogP contribution >= 0.6 is 0 Å². The highest BCUT2D eigenvalue weighted by Gasteiger charge is 2.33. The molecular formula is C11H11F3N2O2. The molecule has 0 spiro atoms. The van der Waals surface area contributed by atoms with Crippen LogP contribution in [0.4, 0.5) is 13.2 Å². The van der Waals surface area contributed by atoms with E-state index in [0.717, 1.165) is 6.07 Å². The molecule has 0 aliphatic rings. The van der Waals surface area contributed by atoms with Gasteiger partial charge in [0, 0.05) is 20.3 Å². The van der Waals surface area contributed by atoms with Gasteiger partial charge in [0.1, 0.15) is 5.69 Å². The lowest BCUT2D eigenvalue weighted by atomic mass is 10.1. The molecule has 7 heteroatoms. The van der Waals surface area contributed by atoms with Crippen LogP contribution in [0.2, 0.25) is 0 Å². The highest BCUT2D eigenvalue weighted by molar-refractivity contribution is 5.91. The van der Waals surface area contributed by atoms with Crippen molar-refractivity contribution in [1.82, 2.24) is 9.88 Å². The van der Waals surface area contributed by atoms with E-state index in [9.17, 15) is 18.0 Å². The van der Waals surface area contributed by atoms with Crippen molar-refractivity contribution in [3.63, 3.8) is 0 Å². The number of nitrogens with zero attached hydrogens (tertiary/aromatic N) is 2. The minimum Gasteiger partial charge on any atom is -0.478 e. The number of alkyl halides is 3. The highest BCUT2D eigenvalue weighted by Crippen LogP contribution is 2.28. The van der Waals surface area contributed by atoms with Gasteiger partial charge in [-0.3, -0.25) is 0 Å². The van der Waals surface area contributed by atoms with Crippen LogP contribution in [-0.4, -0.2) is 35.1 Å². The van der Waals surface area contributed by atoms with Crippen molar-refractivity contribution >= 4 is 12.0 Å². The van der Waals surface area contributed by atoms with E-state index in [4.69, 9.17) is 5.11 Å². The van der Waals surface area contributed by atoms with Crippen LogP contribution in [-0.2, 0) is 6.18 Å². The summed E-state index contributed by atoms with van der Waals surface area (Å²) in [6.07, 6.45) is -1.95. The predicted octanol–water partition coefficient (Wildman–Crippen LogP) is 2.33. The normalized spacial score (nSPS) is 11.8. The summed E-state index contributed by atoms with van der Waals surface area (Å²) < 4.78 is 37.4. The van der Waals surface area contributed by atoms with Crippen molar-refractivity contribution in [2.75, 3.05) is 14.1 Å². The van der Waals surface area contributed by atoms with E-state index in [2.05, 4.69) is 4.98 Å². The number of rotatable bonds is 3. The van der Waals surface area contributed by atoms with Crippen LogP contribution in [0.25, 0.3) is 6.08 Å². The molecule has 4 nitrogen and oxygen atoms in total. The van der Waals surface area contributed by atoms with Gasteiger partial charge in [0.2, 0.25) is 0 Å². The number of hydrogen-bond donors (Lipinski definition) is 1. The molecule has 0 aliphatic heterocycles. The molecule has 0 unspecified atom stereocenters. The zero-order valence-corrected chi connectivity index (χ0v) is 9.69. The largest absolute Gasteiger partial charge is 0.478 e. The smallest absolute Gasteiger partial charge is 0.433 e. The fourth-order valence-corrected chi connectivity index (χ4v) is 1.16. The van der Waals surface area contributed by atoms with E-state index in [1.54, 1.807) is 19.0 Å². The molecule has 18 heavy (non-hydrogen) atoms. The summed E-state index contributed by atoms with van der Waals surface area (Å²) in [6.45, 7) is 0. The number of aromatic nitrogens is 1. The van der Waals surface area contributed by atoms with Crippen LogP contribution < -0.4 is 0 Å². The van der Waals surface area contributed by atoms with Crippen molar-refractivity contribution in [2.45, 2.75) is 6.18 Å². The lowest BCUT2D eigenvalue weighted by Gasteiger charge is -2.09. The Morgan fingerprint density at radius 1 is 1.39 bits per heavy atom. The Labute approximate surface area is 101 Å². The molecular weight excluding hydrogens is 249 g/mol. The Hall–Kier alpha value is -2.05. The van der Waals surface area contributed by atoms with Crippen LogP contribution in [0.5, 0.6) is 0 Å². The molecule has 1 N–H and O–H groups in total. The molecule has 0 amide bonds. The van der Waals surface area contributed by atoms with E-state index in [0.29, 0.717) is 6.07 Å². The van der Waals surface area contributed by atoms with Gasteiger partial charge in [0.15, 0.2) is 0 Å². The van der Waals surface area contributed by atoms with Crippen LogP contribution in [0.3, 0.4) is 0 Å². The van der Waals surface area contributed by atoms with Gasteiger partial charge in [-0.05, 0) is 18.2 Å². The number of pyridine rings is 1. The zero-order valence-electron chi connectivity index (χ0n) is 9.69. The molecule has 0 aromatic carbocycles.